The molecule has 0 aliphatic rings. The predicted octanol–water partition coefficient (Wildman–Crippen LogP) is 7.25. The zero-order valence-electron chi connectivity index (χ0n) is 26.1. The molecule has 1 aromatic heterocycles. The smallest absolute Gasteiger partial charge is 0.343 e. The van der Waals surface area contributed by atoms with E-state index in [4.69, 9.17) is 30.4 Å². The largest absolute Gasteiger partial charge is 0.506 e. The number of phenolic OH excluding ortho intramolecular Hbond substituents is 1. The van der Waals surface area contributed by atoms with Gasteiger partial charge < -0.3 is 35.5 Å². The molecule has 232 valence electrons. The number of carbonyl (C=O) groups is 1. The fraction of sp³-hybridized carbons (Fsp3) is 0.314. The summed E-state index contributed by atoms with van der Waals surface area (Å²) < 4.78 is 23.6. The summed E-state index contributed by atoms with van der Waals surface area (Å²) >= 11 is 0. The standard InChI is InChI=1S/C35H41N3O6/c1-7-21(2)19-42-29-9-8-10-30(43-20-22-11-14-24(41-6)15-12-22)32(29)27-18-25(23-13-16-26(36)28(39)17-23)31(33(37)38-27)34(40)44-35(3,4)5/h8-18,21,39H,7,19-20,36H2,1-6H3,(H2,37,38). The summed E-state index contributed by atoms with van der Waals surface area (Å²) in [7, 11) is 1.62. The molecule has 1 atom stereocenters. The molecular formula is C35H41N3O6. The molecule has 1 heterocycles. The van der Waals surface area contributed by atoms with Gasteiger partial charge in [-0.3, -0.25) is 0 Å². The Labute approximate surface area is 258 Å². The summed E-state index contributed by atoms with van der Waals surface area (Å²) in [5, 5.41) is 10.4. The number of methoxy groups -OCH3 is 1. The molecular weight excluding hydrogens is 558 g/mol. The number of carbonyl (C=O) groups excluding carboxylic acids is 1. The van der Waals surface area contributed by atoms with E-state index in [2.05, 4.69) is 18.8 Å². The van der Waals surface area contributed by atoms with Gasteiger partial charge in [0.05, 0.1) is 30.7 Å². The number of phenols is 1. The van der Waals surface area contributed by atoms with Crippen LogP contribution in [0.15, 0.2) is 66.7 Å². The maximum Gasteiger partial charge on any atom is 0.343 e. The first-order chi connectivity index (χ1) is 20.9. The molecule has 4 aromatic rings. The fourth-order valence-corrected chi connectivity index (χ4v) is 4.41. The first-order valence-corrected chi connectivity index (χ1v) is 14.5. The molecule has 0 saturated heterocycles. The zero-order chi connectivity index (χ0) is 32.0. The molecule has 0 bridgehead atoms. The van der Waals surface area contributed by atoms with Gasteiger partial charge in [-0.25, -0.2) is 9.78 Å². The Morgan fingerprint density at radius 1 is 0.977 bits per heavy atom. The lowest BCUT2D eigenvalue weighted by atomic mass is 9.96. The van der Waals surface area contributed by atoms with Crippen LogP contribution in [0.4, 0.5) is 11.5 Å². The number of aromatic hydroxyl groups is 1. The number of hydrogen-bond donors (Lipinski definition) is 3. The van der Waals surface area contributed by atoms with Crippen LogP contribution in [-0.4, -0.2) is 35.4 Å². The molecule has 9 heteroatoms. The van der Waals surface area contributed by atoms with E-state index >= 15 is 0 Å². The van der Waals surface area contributed by atoms with Crippen LogP contribution in [-0.2, 0) is 11.3 Å². The number of ether oxygens (including phenoxy) is 4. The van der Waals surface area contributed by atoms with Crippen LogP contribution in [0, 0.1) is 5.92 Å². The number of anilines is 2. The van der Waals surface area contributed by atoms with E-state index in [1.165, 1.54) is 6.07 Å². The van der Waals surface area contributed by atoms with Gasteiger partial charge >= 0.3 is 5.97 Å². The molecule has 4 rings (SSSR count). The number of pyridine rings is 1. The molecule has 5 N–H and O–H groups in total. The number of aromatic nitrogens is 1. The minimum atomic E-state index is -0.776. The average Bonchev–Trinajstić information content (AvgIpc) is 2.98. The third-order valence-electron chi connectivity index (χ3n) is 7.01. The molecule has 9 nitrogen and oxygen atoms in total. The molecule has 0 amide bonds. The topological polar surface area (TPSA) is 139 Å². The second kappa shape index (κ2) is 13.6. The van der Waals surface area contributed by atoms with Crippen molar-refractivity contribution in [3.63, 3.8) is 0 Å². The van der Waals surface area contributed by atoms with Crippen molar-refractivity contribution in [2.75, 3.05) is 25.2 Å². The van der Waals surface area contributed by atoms with Gasteiger partial charge in [0, 0.05) is 5.56 Å². The van der Waals surface area contributed by atoms with Crippen LogP contribution in [0.3, 0.4) is 0 Å². The summed E-state index contributed by atoms with van der Waals surface area (Å²) in [6.07, 6.45) is 0.948. The Kier molecular flexibility index (Phi) is 9.88. The quantitative estimate of drug-likeness (QED) is 0.0923. The van der Waals surface area contributed by atoms with Crippen molar-refractivity contribution in [2.45, 2.75) is 53.2 Å². The molecule has 0 fully saturated rings. The van der Waals surface area contributed by atoms with Gasteiger partial charge in [-0.1, -0.05) is 44.5 Å². The van der Waals surface area contributed by atoms with Crippen molar-refractivity contribution in [2.24, 2.45) is 5.92 Å². The second-order valence-corrected chi connectivity index (χ2v) is 11.7. The Hall–Kier alpha value is -4.92. The zero-order valence-corrected chi connectivity index (χ0v) is 26.1. The van der Waals surface area contributed by atoms with E-state index in [0.717, 1.165) is 17.7 Å². The molecule has 0 aliphatic heterocycles. The van der Waals surface area contributed by atoms with Gasteiger partial charge in [0.2, 0.25) is 0 Å². The molecule has 0 saturated carbocycles. The summed E-state index contributed by atoms with van der Waals surface area (Å²) in [5.74, 6) is 1.33. The van der Waals surface area contributed by atoms with Gasteiger partial charge in [-0.2, -0.15) is 0 Å². The van der Waals surface area contributed by atoms with Crippen LogP contribution in [0.1, 0.15) is 57.0 Å². The Bertz CT molecular complexity index is 1610. The van der Waals surface area contributed by atoms with E-state index in [0.29, 0.717) is 46.4 Å². The van der Waals surface area contributed by atoms with Gasteiger partial charge in [0.1, 0.15) is 46.6 Å². The number of rotatable bonds is 11. The van der Waals surface area contributed by atoms with Crippen molar-refractivity contribution in [1.29, 1.82) is 0 Å². The molecule has 0 radical (unpaired) electrons. The highest BCUT2D eigenvalue weighted by atomic mass is 16.6. The minimum Gasteiger partial charge on any atom is -0.506 e. The number of esters is 1. The minimum absolute atomic E-state index is 0.0408. The number of hydrogen-bond acceptors (Lipinski definition) is 9. The highest BCUT2D eigenvalue weighted by Crippen LogP contribution is 2.42. The lowest BCUT2D eigenvalue weighted by Crippen LogP contribution is -2.25. The van der Waals surface area contributed by atoms with Crippen LogP contribution in [0.2, 0.25) is 0 Å². The van der Waals surface area contributed by atoms with E-state index in [9.17, 15) is 9.90 Å². The van der Waals surface area contributed by atoms with E-state index in [1.54, 1.807) is 46.1 Å². The number of nitrogens with zero attached hydrogens (tertiary/aromatic N) is 1. The average molecular weight is 600 g/mol. The van der Waals surface area contributed by atoms with Crippen LogP contribution in [0.25, 0.3) is 22.4 Å². The first kappa shape index (κ1) is 32.0. The van der Waals surface area contributed by atoms with Crippen molar-refractivity contribution < 1.29 is 28.8 Å². The number of nitrogens with two attached hydrogens (primary N) is 2. The maximum absolute atomic E-state index is 13.4. The third-order valence-corrected chi connectivity index (χ3v) is 7.01. The van der Waals surface area contributed by atoms with Gasteiger partial charge in [0.15, 0.2) is 0 Å². The Balaban J connectivity index is 1.88. The molecule has 0 spiro atoms. The Morgan fingerprint density at radius 3 is 2.27 bits per heavy atom. The summed E-state index contributed by atoms with van der Waals surface area (Å²) in [4.78, 5) is 18.1. The first-order valence-electron chi connectivity index (χ1n) is 14.5. The van der Waals surface area contributed by atoms with Crippen LogP contribution < -0.4 is 25.7 Å². The second-order valence-electron chi connectivity index (χ2n) is 11.7. The van der Waals surface area contributed by atoms with E-state index in [-0.39, 0.29) is 29.4 Å². The molecule has 44 heavy (non-hydrogen) atoms. The van der Waals surface area contributed by atoms with E-state index in [1.807, 2.05) is 42.5 Å². The van der Waals surface area contributed by atoms with Crippen LogP contribution >= 0.6 is 0 Å². The lowest BCUT2D eigenvalue weighted by Gasteiger charge is -2.22. The van der Waals surface area contributed by atoms with Crippen molar-refractivity contribution in [1.82, 2.24) is 4.98 Å². The van der Waals surface area contributed by atoms with Crippen molar-refractivity contribution >= 4 is 17.5 Å². The van der Waals surface area contributed by atoms with E-state index < -0.39 is 11.6 Å². The maximum atomic E-state index is 13.4. The van der Waals surface area contributed by atoms with Crippen molar-refractivity contribution in [3.8, 4) is 45.4 Å². The SMILES string of the molecule is CCC(C)COc1cccc(OCc2ccc(OC)cc2)c1-c1cc(-c2ccc(N)c(O)c2)c(C(=O)OC(C)(C)C)c(N)n1. The fourth-order valence-electron chi connectivity index (χ4n) is 4.41. The van der Waals surface area contributed by atoms with Crippen molar-refractivity contribution in [3.05, 3.63) is 77.9 Å². The Morgan fingerprint density at radius 2 is 1.66 bits per heavy atom. The van der Waals surface area contributed by atoms with Gasteiger partial charge in [0.25, 0.3) is 0 Å². The summed E-state index contributed by atoms with van der Waals surface area (Å²) in [5.41, 5.74) is 14.8. The monoisotopic (exact) mass is 599 g/mol. The molecule has 3 aromatic carbocycles. The third kappa shape index (κ3) is 7.72. The normalized spacial score (nSPS) is 12.0. The number of benzene rings is 3. The highest BCUT2D eigenvalue weighted by Gasteiger charge is 2.27. The van der Waals surface area contributed by atoms with Gasteiger partial charge in [-0.15, -0.1) is 0 Å². The summed E-state index contributed by atoms with van der Waals surface area (Å²) in [6.45, 7) is 10.3. The predicted molar refractivity (Wildman–Crippen MR) is 173 cm³/mol. The lowest BCUT2D eigenvalue weighted by molar-refractivity contribution is 0.00713. The summed E-state index contributed by atoms with van der Waals surface area (Å²) in [6, 6.07) is 19.6. The van der Waals surface area contributed by atoms with Gasteiger partial charge in [-0.05, 0) is 80.3 Å². The highest BCUT2D eigenvalue weighted by molar-refractivity contribution is 6.03. The number of nitrogen functional groups attached to an aromatic ring is 2. The van der Waals surface area contributed by atoms with Crippen LogP contribution in [0.5, 0.6) is 23.0 Å². The molecule has 1 unspecified atom stereocenters. The molecule has 0 aliphatic carbocycles.